The Labute approximate surface area is 93.7 Å². The molecule has 3 heterocycles. The van der Waals surface area contributed by atoms with Crippen LogP contribution in [-0.4, -0.2) is 27.5 Å². The van der Waals surface area contributed by atoms with Crippen molar-refractivity contribution in [2.24, 2.45) is 0 Å². The molecule has 0 spiro atoms. The molecule has 0 saturated carbocycles. The van der Waals surface area contributed by atoms with Crippen molar-refractivity contribution in [2.45, 2.75) is 18.8 Å². The van der Waals surface area contributed by atoms with Crippen LogP contribution in [0.3, 0.4) is 0 Å². The number of piperidine rings is 1. The van der Waals surface area contributed by atoms with E-state index in [1.165, 1.54) is 18.4 Å². The Balaban J connectivity index is 1.99. The third-order valence-corrected chi connectivity index (χ3v) is 3.22. The topological polar surface area (TPSA) is 68.2 Å². The highest BCUT2D eigenvalue weighted by Gasteiger charge is 2.16. The molecule has 1 aliphatic rings. The van der Waals surface area contributed by atoms with Gasteiger partial charge in [-0.05, 0) is 37.4 Å². The maximum Gasteiger partial charge on any atom is 0.235 e. The standard InChI is InChI=1S/C11H15N5/c12-10-6-15-11-14-5-9(7-16(10)11)8-1-3-13-4-2-8/h5-8,13H,1-4,12H2. The largest absolute Gasteiger partial charge is 0.383 e. The van der Waals surface area contributed by atoms with Gasteiger partial charge in [-0.2, -0.15) is 0 Å². The molecule has 0 amide bonds. The van der Waals surface area contributed by atoms with Gasteiger partial charge in [0.2, 0.25) is 5.78 Å². The molecular weight excluding hydrogens is 202 g/mol. The quantitative estimate of drug-likeness (QED) is 0.740. The summed E-state index contributed by atoms with van der Waals surface area (Å²) in [5.74, 6) is 1.92. The van der Waals surface area contributed by atoms with Gasteiger partial charge >= 0.3 is 0 Å². The number of nitrogens with zero attached hydrogens (tertiary/aromatic N) is 3. The number of rotatable bonds is 1. The highest BCUT2D eigenvalue weighted by Crippen LogP contribution is 2.24. The minimum absolute atomic E-state index is 0.597. The third-order valence-electron chi connectivity index (χ3n) is 3.22. The minimum Gasteiger partial charge on any atom is -0.383 e. The first-order chi connectivity index (χ1) is 7.84. The van der Waals surface area contributed by atoms with Gasteiger partial charge in [0.1, 0.15) is 5.82 Å². The van der Waals surface area contributed by atoms with Gasteiger partial charge in [0.05, 0.1) is 6.20 Å². The van der Waals surface area contributed by atoms with Crippen LogP contribution in [0.5, 0.6) is 0 Å². The number of hydrogen-bond donors (Lipinski definition) is 2. The Morgan fingerprint density at radius 3 is 2.81 bits per heavy atom. The molecule has 16 heavy (non-hydrogen) atoms. The highest BCUT2D eigenvalue weighted by molar-refractivity contribution is 5.42. The van der Waals surface area contributed by atoms with Crippen molar-refractivity contribution < 1.29 is 0 Å². The number of aromatic nitrogens is 3. The van der Waals surface area contributed by atoms with E-state index in [2.05, 4.69) is 21.5 Å². The van der Waals surface area contributed by atoms with Crippen molar-refractivity contribution in [3.63, 3.8) is 0 Å². The van der Waals surface area contributed by atoms with Crippen molar-refractivity contribution in [3.8, 4) is 0 Å². The smallest absolute Gasteiger partial charge is 0.235 e. The fourth-order valence-corrected chi connectivity index (χ4v) is 2.27. The second-order valence-corrected chi connectivity index (χ2v) is 4.26. The van der Waals surface area contributed by atoms with Crippen molar-refractivity contribution in [1.82, 2.24) is 19.7 Å². The molecule has 2 aromatic rings. The Kier molecular flexibility index (Phi) is 2.25. The molecule has 3 N–H and O–H groups in total. The Hall–Kier alpha value is -1.62. The number of fused-ring (bicyclic) bond motifs is 1. The van der Waals surface area contributed by atoms with E-state index >= 15 is 0 Å². The average Bonchev–Trinajstić information content (AvgIpc) is 2.72. The predicted molar refractivity (Wildman–Crippen MR) is 62.2 cm³/mol. The molecule has 1 fully saturated rings. The SMILES string of the molecule is Nc1cnc2ncc(C3CCNCC3)cn12. The number of nitrogens with two attached hydrogens (primary N) is 1. The van der Waals surface area contributed by atoms with Crippen LogP contribution in [0.1, 0.15) is 24.3 Å². The lowest BCUT2D eigenvalue weighted by Gasteiger charge is -2.22. The number of nitrogen functional groups attached to an aromatic ring is 1. The first-order valence-electron chi connectivity index (χ1n) is 5.64. The molecule has 0 aromatic carbocycles. The second-order valence-electron chi connectivity index (χ2n) is 4.26. The van der Waals surface area contributed by atoms with E-state index in [9.17, 15) is 0 Å². The maximum absolute atomic E-state index is 5.82. The second kappa shape index (κ2) is 3.75. The average molecular weight is 217 g/mol. The molecule has 1 saturated heterocycles. The molecule has 5 nitrogen and oxygen atoms in total. The van der Waals surface area contributed by atoms with E-state index in [0.29, 0.717) is 17.5 Å². The van der Waals surface area contributed by atoms with Gasteiger partial charge in [-0.15, -0.1) is 0 Å². The van der Waals surface area contributed by atoms with Crippen LogP contribution in [0.4, 0.5) is 5.82 Å². The fourth-order valence-electron chi connectivity index (χ4n) is 2.27. The van der Waals surface area contributed by atoms with Crippen molar-refractivity contribution >= 4 is 11.6 Å². The summed E-state index contributed by atoms with van der Waals surface area (Å²) >= 11 is 0. The van der Waals surface area contributed by atoms with Gasteiger partial charge in [-0.3, -0.25) is 4.40 Å². The molecule has 84 valence electrons. The summed E-state index contributed by atoms with van der Waals surface area (Å²) in [6, 6.07) is 0. The van der Waals surface area contributed by atoms with Crippen LogP contribution < -0.4 is 11.1 Å². The molecule has 3 rings (SSSR count). The lowest BCUT2D eigenvalue weighted by Crippen LogP contribution is -2.26. The first-order valence-corrected chi connectivity index (χ1v) is 5.64. The summed E-state index contributed by atoms with van der Waals surface area (Å²) in [5.41, 5.74) is 7.09. The van der Waals surface area contributed by atoms with E-state index < -0.39 is 0 Å². The van der Waals surface area contributed by atoms with Crippen LogP contribution in [0.25, 0.3) is 5.78 Å². The van der Waals surface area contributed by atoms with E-state index in [4.69, 9.17) is 5.73 Å². The van der Waals surface area contributed by atoms with Gasteiger partial charge in [0, 0.05) is 12.4 Å². The molecule has 1 aliphatic heterocycles. The zero-order chi connectivity index (χ0) is 11.0. The van der Waals surface area contributed by atoms with Gasteiger partial charge in [0.15, 0.2) is 0 Å². The molecule has 0 unspecified atom stereocenters. The zero-order valence-corrected chi connectivity index (χ0v) is 9.06. The molecular formula is C11H15N5. The van der Waals surface area contributed by atoms with Crippen molar-refractivity contribution in [1.29, 1.82) is 0 Å². The van der Waals surface area contributed by atoms with Crippen LogP contribution >= 0.6 is 0 Å². The lowest BCUT2D eigenvalue weighted by atomic mass is 9.92. The van der Waals surface area contributed by atoms with Crippen LogP contribution in [0.15, 0.2) is 18.6 Å². The summed E-state index contributed by atoms with van der Waals surface area (Å²) in [6.45, 7) is 2.17. The van der Waals surface area contributed by atoms with Gasteiger partial charge in [0.25, 0.3) is 0 Å². The number of imidazole rings is 1. The number of nitrogens with one attached hydrogen (secondary N) is 1. The normalized spacial score (nSPS) is 18.0. The molecule has 0 atom stereocenters. The number of anilines is 1. The minimum atomic E-state index is 0.597. The molecule has 2 aromatic heterocycles. The first kappa shape index (κ1) is 9.59. The predicted octanol–water partition coefficient (Wildman–Crippen LogP) is 0.778. The molecule has 0 radical (unpaired) electrons. The van der Waals surface area contributed by atoms with Crippen LogP contribution in [-0.2, 0) is 0 Å². The van der Waals surface area contributed by atoms with E-state index in [1.54, 1.807) is 6.20 Å². The summed E-state index contributed by atoms with van der Waals surface area (Å²) in [6.07, 6.45) is 7.98. The van der Waals surface area contributed by atoms with Crippen molar-refractivity contribution in [2.75, 3.05) is 18.8 Å². The van der Waals surface area contributed by atoms with Crippen LogP contribution in [0, 0.1) is 0 Å². The lowest BCUT2D eigenvalue weighted by molar-refractivity contribution is 0.458. The fraction of sp³-hybridized carbons (Fsp3) is 0.455. The molecule has 0 aliphatic carbocycles. The Bertz CT molecular complexity index is 498. The van der Waals surface area contributed by atoms with Gasteiger partial charge < -0.3 is 11.1 Å². The summed E-state index contributed by atoms with van der Waals surface area (Å²) in [7, 11) is 0. The van der Waals surface area contributed by atoms with Gasteiger partial charge in [-0.1, -0.05) is 0 Å². The monoisotopic (exact) mass is 217 g/mol. The Morgan fingerprint density at radius 2 is 2.00 bits per heavy atom. The van der Waals surface area contributed by atoms with Crippen LogP contribution in [0.2, 0.25) is 0 Å². The molecule has 5 heteroatoms. The van der Waals surface area contributed by atoms with E-state index in [1.807, 2.05) is 10.6 Å². The highest BCUT2D eigenvalue weighted by atomic mass is 15.1. The van der Waals surface area contributed by atoms with E-state index in [0.717, 1.165) is 13.1 Å². The summed E-state index contributed by atoms with van der Waals surface area (Å²) < 4.78 is 1.86. The zero-order valence-electron chi connectivity index (χ0n) is 9.06. The van der Waals surface area contributed by atoms with E-state index in [-0.39, 0.29) is 0 Å². The van der Waals surface area contributed by atoms with Gasteiger partial charge in [-0.25, -0.2) is 9.97 Å². The number of hydrogen-bond acceptors (Lipinski definition) is 4. The molecule has 0 bridgehead atoms. The summed E-state index contributed by atoms with van der Waals surface area (Å²) in [4.78, 5) is 8.45. The third kappa shape index (κ3) is 1.53. The van der Waals surface area contributed by atoms with Crippen molar-refractivity contribution in [3.05, 3.63) is 24.2 Å². The summed E-state index contributed by atoms with van der Waals surface area (Å²) in [5, 5.41) is 3.36. The maximum atomic E-state index is 5.82. The Morgan fingerprint density at radius 1 is 1.25 bits per heavy atom.